The van der Waals surface area contributed by atoms with Gasteiger partial charge in [0.2, 0.25) is 15.9 Å². The lowest BCUT2D eigenvalue weighted by Crippen LogP contribution is -2.19. The lowest BCUT2D eigenvalue weighted by molar-refractivity contribution is -0.113. The van der Waals surface area contributed by atoms with Crippen molar-refractivity contribution in [3.63, 3.8) is 0 Å². The molecule has 0 radical (unpaired) electrons. The average molecular weight is 342 g/mol. The number of anilines is 1. The molecule has 1 saturated carbocycles. The van der Waals surface area contributed by atoms with E-state index < -0.39 is 10.0 Å². The van der Waals surface area contributed by atoms with Gasteiger partial charge in [-0.2, -0.15) is 0 Å². The van der Waals surface area contributed by atoms with Crippen molar-refractivity contribution in [1.82, 2.24) is 0 Å². The summed E-state index contributed by atoms with van der Waals surface area (Å²) in [6, 6.07) is 4.74. The number of nitrogens with two attached hydrogens (primary N) is 1. The van der Waals surface area contributed by atoms with Crippen LogP contribution in [-0.2, 0) is 14.8 Å². The molecule has 1 aromatic rings. The molecule has 1 aromatic carbocycles. The van der Waals surface area contributed by atoms with Gasteiger partial charge in [0.05, 0.1) is 10.6 Å². The van der Waals surface area contributed by atoms with Crippen molar-refractivity contribution >= 4 is 33.4 Å². The van der Waals surface area contributed by atoms with E-state index in [1.165, 1.54) is 38.2 Å². The zero-order valence-electron chi connectivity index (χ0n) is 12.7. The fourth-order valence-corrected chi connectivity index (χ4v) is 4.54. The molecule has 0 unspecified atom stereocenters. The van der Waals surface area contributed by atoms with Gasteiger partial charge in [-0.1, -0.05) is 25.3 Å². The van der Waals surface area contributed by atoms with E-state index in [1.54, 1.807) is 30.8 Å². The summed E-state index contributed by atoms with van der Waals surface area (Å²) in [6.07, 6.45) is 6.14. The third kappa shape index (κ3) is 5.00. The third-order valence-corrected chi connectivity index (χ3v) is 6.21. The van der Waals surface area contributed by atoms with Gasteiger partial charge in [-0.25, -0.2) is 13.6 Å². The molecule has 122 valence electrons. The number of carbonyl (C=O) groups excluding carboxylic acids is 1. The molecule has 1 fully saturated rings. The van der Waals surface area contributed by atoms with E-state index in [9.17, 15) is 13.2 Å². The van der Waals surface area contributed by atoms with Gasteiger partial charge in [0.1, 0.15) is 0 Å². The first-order valence-corrected chi connectivity index (χ1v) is 10.0. The van der Waals surface area contributed by atoms with Gasteiger partial charge in [-0.3, -0.25) is 4.79 Å². The van der Waals surface area contributed by atoms with Gasteiger partial charge in [0.15, 0.2) is 0 Å². The lowest BCUT2D eigenvalue weighted by atomic mass is 10.0. The Kier molecular flexibility index (Phi) is 5.88. The van der Waals surface area contributed by atoms with E-state index in [2.05, 4.69) is 5.32 Å². The molecule has 0 aromatic heterocycles. The number of hydrogen-bond donors (Lipinski definition) is 2. The fourth-order valence-electron chi connectivity index (χ4n) is 2.61. The topological polar surface area (TPSA) is 89.3 Å². The summed E-state index contributed by atoms with van der Waals surface area (Å²) in [5.41, 5.74) is 1.03. The SMILES string of the molecule is Cc1ccc(NC(=O)CSC2CCCCC2)cc1S(N)(=O)=O. The minimum Gasteiger partial charge on any atom is -0.325 e. The molecule has 0 saturated heterocycles. The van der Waals surface area contributed by atoms with Gasteiger partial charge < -0.3 is 5.32 Å². The summed E-state index contributed by atoms with van der Waals surface area (Å²) in [6.45, 7) is 1.67. The van der Waals surface area contributed by atoms with Gasteiger partial charge >= 0.3 is 0 Å². The van der Waals surface area contributed by atoms with Gasteiger partial charge in [0, 0.05) is 10.9 Å². The van der Waals surface area contributed by atoms with Crippen LogP contribution < -0.4 is 10.5 Å². The maximum absolute atomic E-state index is 12.0. The Bertz CT molecular complexity index is 638. The monoisotopic (exact) mass is 342 g/mol. The van der Waals surface area contributed by atoms with Crippen molar-refractivity contribution in [2.24, 2.45) is 5.14 Å². The summed E-state index contributed by atoms with van der Waals surface area (Å²) >= 11 is 1.68. The van der Waals surface area contributed by atoms with Crippen molar-refractivity contribution < 1.29 is 13.2 Å². The minimum atomic E-state index is -3.78. The fraction of sp³-hybridized carbons (Fsp3) is 0.533. The van der Waals surface area contributed by atoms with Crippen LogP contribution in [0.4, 0.5) is 5.69 Å². The number of primary sulfonamides is 1. The quantitative estimate of drug-likeness (QED) is 0.861. The number of hydrogen-bond acceptors (Lipinski definition) is 4. The van der Waals surface area contributed by atoms with Crippen molar-refractivity contribution in [3.05, 3.63) is 23.8 Å². The second-order valence-corrected chi connectivity index (χ2v) is 8.46. The first-order chi connectivity index (χ1) is 10.4. The number of thioether (sulfide) groups is 1. The Morgan fingerprint density at radius 1 is 1.32 bits per heavy atom. The van der Waals surface area contributed by atoms with E-state index in [0.29, 0.717) is 22.3 Å². The highest BCUT2D eigenvalue weighted by Crippen LogP contribution is 2.28. The van der Waals surface area contributed by atoms with Crippen molar-refractivity contribution in [1.29, 1.82) is 0 Å². The maximum atomic E-state index is 12.0. The van der Waals surface area contributed by atoms with Crippen LogP contribution in [-0.4, -0.2) is 25.3 Å². The molecule has 7 heteroatoms. The standard InChI is InChI=1S/C15H22N2O3S2/c1-11-7-8-12(9-14(11)22(16,19)20)17-15(18)10-21-13-5-3-2-4-6-13/h7-9,13H,2-6,10H2,1H3,(H,17,18)(H2,16,19,20). The second-order valence-electron chi connectivity index (χ2n) is 5.64. The van der Waals surface area contributed by atoms with Crippen LogP contribution in [0.5, 0.6) is 0 Å². The van der Waals surface area contributed by atoms with E-state index in [-0.39, 0.29) is 10.8 Å². The number of rotatable bonds is 5. The molecule has 1 amide bonds. The Morgan fingerprint density at radius 3 is 2.64 bits per heavy atom. The lowest BCUT2D eigenvalue weighted by Gasteiger charge is -2.20. The zero-order chi connectivity index (χ0) is 16.2. The predicted octanol–water partition coefficient (Wildman–Crippen LogP) is 2.65. The van der Waals surface area contributed by atoms with Crippen LogP contribution in [0, 0.1) is 6.92 Å². The number of aryl methyl sites for hydroxylation is 1. The molecule has 0 atom stereocenters. The molecule has 22 heavy (non-hydrogen) atoms. The number of amides is 1. The summed E-state index contributed by atoms with van der Waals surface area (Å²) in [7, 11) is -3.78. The number of nitrogens with one attached hydrogen (secondary N) is 1. The van der Waals surface area contributed by atoms with Crippen molar-refractivity contribution in [3.8, 4) is 0 Å². The van der Waals surface area contributed by atoms with Crippen LogP contribution >= 0.6 is 11.8 Å². The van der Waals surface area contributed by atoms with E-state index >= 15 is 0 Å². The molecule has 2 rings (SSSR count). The highest BCUT2D eigenvalue weighted by Gasteiger charge is 2.16. The van der Waals surface area contributed by atoms with Gasteiger partial charge in [-0.05, 0) is 37.5 Å². The third-order valence-electron chi connectivity index (χ3n) is 3.78. The molecule has 0 spiro atoms. The van der Waals surface area contributed by atoms with Gasteiger partial charge in [-0.15, -0.1) is 11.8 Å². The predicted molar refractivity (Wildman–Crippen MR) is 90.5 cm³/mol. The molecule has 3 N–H and O–H groups in total. The molecular formula is C15H22N2O3S2. The van der Waals surface area contributed by atoms with Gasteiger partial charge in [0.25, 0.3) is 0 Å². The highest BCUT2D eigenvalue weighted by molar-refractivity contribution is 8.00. The molecule has 0 heterocycles. The summed E-state index contributed by atoms with van der Waals surface area (Å²) in [5, 5.41) is 8.48. The Balaban J connectivity index is 1.94. The van der Waals surface area contributed by atoms with Crippen LogP contribution in [0.3, 0.4) is 0 Å². The molecule has 0 bridgehead atoms. The minimum absolute atomic E-state index is 0.0465. The first kappa shape index (κ1) is 17.3. The maximum Gasteiger partial charge on any atom is 0.238 e. The second kappa shape index (κ2) is 7.48. The number of carbonyl (C=O) groups is 1. The van der Waals surface area contributed by atoms with Crippen LogP contribution in [0.1, 0.15) is 37.7 Å². The van der Waals surface area contributed by atoms with Crippen molar-refractivity contribution in [2.45, 2.75) is 49.2 Å². The molecule has 5 nitrogen and oxygen atoms in total. The van der Waals surface area contributed by atoms with Crippen LogP contribution in [0.25, 0.3) is 0 Å². The van der Waals surface area contributed by atoms with E-state index in [0.717, 1.165) is 0 Å². The molecule has 1 aliphatic rings. The summed E-state index contributed by atoms with van der Waals surface area (Å²) < 4.78 is 23.0. The van der Waals surface area contributed by atoms with Crippen molar-refractivity contribution in [2.75, 3.05) is 11.1 Å². The number of sulfonamides is 1. The summed E-state index contributed by atoms with van der Waals surface area (Å²) in [5.74, 6) is 0.281. The van der Waals surface area contributed by atoms with Crippen LogP contribution in [0.2, 0.25) is 0 Å². The number of benzene rings is 1. The normalized spacial score (nSPS) is 16.5. The first-order valence-electron chi connectivity index (χ1n) is 7.41. The van der Waals surface area contributed by atoms with E-state index in [1.807, 2.05) is 0 Å². The average Bonchev–Trinajstić information content (AvgIpc) is 2.47. The van der Waals surface area contributed by atoms with Crippen LogP contribution in [0.15, 0.2) is 23.1 Å². The Morgan fingerprint density at radius 2 is 2.00 bits per heavy atom. The molecule has 1 aliphatic carbocycles. The Labute approximate surface area is 136 Å². The zero-order valence-corrected chi connectivity index (χ0v) is 14.3. The summed E-state index contributed by atoms with van der Waals surface area (Å²) in [4.78, 5) is 12.0. The Hall–Kier alpha value is -1.05. The highest BCUT2D eigenvalue weighted by atomic mass is 32.2. The molecular weight excluding hydrogens is 320 g/mol. The van der Waals surface area contributed by atoms with E-state index in [4.69, 9.17) is 5.14 Å². The smallest absolute Gasteiger partial charge is 0.238 e. The molecule has 0 aliphatic heterocycles. The largest absolute Gasteiger partial charge is 0.325 e.